The SMILES string of the molecule is Cc1cc2c(cc1N1c3cc4c(oc5ccccc54)c4c3B(c3ccc5c(oc6ccccc65)c31)N1c3ccccc3S3(c5ccccc5-c5ccccc53)c3cccc-4c31)C(C)(C)CCC2(C)C. The molecule has 0 bridgehead atoms. The Morgan fingerprint density at radius 1 is 0.478 bits per heavy atom. The van der Waals surface area contributed by atoms with Gasteiger partial charge in [-0.1, -0.05) is 143 Å². The van der Waals surface area contributed by atoms with Crippen LogP contribution in [0.1, 0.15) is 57.2 Å². The summed E-state index contributed by atoms with van der Waals surface area (Å²) in [6, 6.07) is 64.5. The fraction of sp³-hybridized carbons (Fsp3) is 0.143. The van der Waals surface area contributed by atoms with E-state index in [1.54, 1.807) is 0 Å². The third-order valence-electron chi connectivity index (χ3n) is 17.0. The first kappa shape index (κ1) is 38.5. The molecule has 0 N–H and O–H groups in total. The topological polar surface area (TPSA) is 32.8 Å². The molecule has 6 heteroatoms. The average Bonchev–Trinajstić information content (AvgIpc) is 4.04. The molecule has 2 aromatic heterocycles. The van der Waals surface area contributed by atoms with Crippen molar-refractivity contribution in [1.82, 2.24) is 0 Å². The molecule has 0 unspecified atom stereocenters. The van der Waals surface area contributed by atoms with Gasteiger partial charge in [0, 0.05) is 69.3 Å². The van der Waals surface area contributed by atoms with Crippen molar-refractivity contribution in [3.05, 3.63) is 187 Å². The first-order valence-electron chi connectivity index (χ1n) is 24.6. The number of anilines is 5. The number of hydrogen-bond donors (Lipinski definition) is 0. The Balaban J connectivity index is 1.11. The zero-order valence-electron chi connectivity index (χ0n) is 39.3. The summed E-state index contributed by atoms with van der Waals surface area (Å²) in [6.07, 6.45) is 2.30. The number of hydrogen-bond acceptors (Lipinski definition) is 4. The average molecular weight is 907 g/mol. The third-order valence-corrected chi connectivity index (χ3v) is 21.0. The van der Waals surface area contributed by atoms with Crippen molar-refractivity contribution in [2.75, 3.05) is 9.71 Å². The molecule has 4 aliphatic heterocycles. The van der Waals surface area contributed by atoms with Gasteiger partial charge in [-0.25, -0.2) is 0 Å². The Labute approximate surface area is 403 Å². The summed E-state index contributed by atoms with van der Waals surface area (Å²) >= 11 is 0. The largest absolute Gasteiger partial charge is 0.455 e. The van der Waals surface area contributed by atoms with Crippen LogP contribution in [0.25, 0.3) is 66.1 Å². The van der Waals surface area contributed by atoms with Gasteiger partial charge in [-0.05, 0) is 124 Å². The van der Waals surface area contributed by atoms with Crippen LogP contribution in [0.15, 0.2) is 198 Å². The van der Waals surface area contributed by atoms with Crippen molar-refractivity contribution in [2.45, 2.75) is 77.9 Å². The van der Waals surface area contributed by atoms with Crippen LogP contribution in [-0.2, 0) is 10.8 Å². The van der Waals surface area contributed by atoms with Crippen molar-refractivity contribution in [1.29, 1.82) is 0 Å². The standard InChI is InChI=1S/C63H47BN2O2S/c1-36-33-44-45(63(4,5)32-31-62(44,2)3)35-48(36)65-49-34-43-38-18-7-12-24-51(38)67-60(43)56-42-21-16-28-55-58(42)66(64(57(49)56)46-30-29-41-37-17-6-11-23-50(37)68-61(41)59(46)65)47-22-10-15-27-54(47)69(55)52-25-13-8-19-39(52)40-20-9-14-26-53(40)69/h6-30,33-35H,31-32H2,1-5H3. The van der Waals surface area contributed by atoms with Crippen LogP contribution in [0.4, 0.5) is 28.4 Å². The third kappa shape index (κ3) is 4.56. The van der Waals surface area contributed by atoms with Gasteiger partial charge in [0.05, 0.1) is 11.4 Å². The Morgan fingerprint density at radius 3 is 1.78 bits per heavy atom. The number of rotatable bonds is 1. The van der Waals surface area contributed by atoms with E-state index in [9.17, 15) is 0 Å². The molecule has 1 spiro atoms. The fourth-order valence-electron chi connectivity index (χ4n) is 13.7. The Hall–Kier alpha value is -7.41. The second kappa shape index (κ2) is 12.8. The lowest BCUT2D eigenvalue weighted by molar-refractivity contribution is 0.332. The van der Waals surface area contributed by atoms with E-state index < -0.39 is 10.0 Å². The van der Waals surface area contributed by atoms with Crippen molar-refractivity contribution in [3.63, 3.8) is 0 Å². The first-order valence-corrected chi connectivity index (χ1v) is 26.2. The summed E-state index contributed by atoms with van der Waals surface area (Å²) in [5, 5.41) is 4.51. The van der Waals surface area contributed by atoms with Gasteiger partial charge in [-0.2, -0.15) is 0 Å². The van der Waals surface area contributed by atoms with E-state index in [4.69, 9.17) is 8.83 Å². The molecule has 4 nitrogen and oxygen atoms in total. The van der Waals surface area contributed by atoms with E-state index in [2.05, 4.69) is 214 Å². The maximum atomic E-state index is 7.25. The van der Waals surface area contributed by atoms with Gasteiger partial charge in [0.2, 0.25) is 0 Å². The lowest BCUT2D eigenvalue weighted by atomic mass is 9.43. The summed E-state index contributed by atoms with van der Waals surface area (Å²) < 4.78 is 14.5. The van der Waals surface area contributed by atoms with Crippen LogP contribution < -0.4 is 20.6 Å². The van der Waals surface area contributed by atoms with Crippen LogP contribution in [0.2, 0.25) is 0 Å². The highest BCUT2D eigenvalue weighted by Gasteiger charge is 2.55. The molecular weight excluding hydrogens is 860 g/mol. The van der Waals surface area contributed by atoms with Gasteiger partial charge in [0.15, 0.2) is 5.58 Å². The van der Waals surface area contributed by atoms with Crippen molar-refractivity contribution >= 4 is 100 Å². The lowest BCUT2D eigenvalue weighted by Crippen LogP contribution is -2.62. The highest BCUT2D eigenvalue weighted by Crippen LogP contribution is 2.85. The zero-order valence-corrected chi connectivity index (χ0v) is 40.1. The highest BCUT2D eigenvalue weighted by molar-refractivity contribution is 8.34. The molecule has 5 aliphatic rings. The van der Waals surface area contributed by atoms with Crippen molar-refractivity contribution in [2.24, 2.45) is 0 Å². The molecule has 16 rings (SSSR count). The van der Waals surface area contributed by atoms with Gasteiger partial charge < -0.3 is 18.5 Å². The molecule has 6 heterocycles. The fourth-order valence-corrected chi connectivity index (χ4v) is 18.3. The minimum atomic E-state index is -1.95. The zero-order chi connectivity index (χ0) is 45.9. The summed E-state index contributed by atoms with van der Waals surface area (Å²) in [5.41, 5.74) is 21.4. The van der Waals surface area contributed by atoms with Gasteiger partial charge in [-0.3, -0.25) is 0 Å². The normalized spacial score (nSPS) is 17.4. The van der Waals surface area contributed by atoms with E-state index >= 15 is 0 Å². The van der Waals surface area contributed by atoms with Crippen molar-refractivity contribution in [3.8, 4) is 22.3 Å². The molecular formula is C63H47BN2O2S. The number of para-hydroxylation sites is 4. The van der Waals surface area contributed by atoms with E-state index in [0.29, 0.717) is 0 Å². The molecule has 0 radical (unpaired) electrons. The maximum absolute atomic E-state index is 7.25. The molecule has 1 aliphatic carbocycles. The maximum Gasteiger partial charge on any atom is 0.333 e. The Bertz CT molecular complexity index is 4110. The van der Waals surface area contributed by atoms with E-state index in [1.165, 1.54) is 92.2 Å². The van der Waals surface area contributed by atoms with Gasteiger partial charge in [-0.15, -0.1) is 10.0 Å². The molecule has 0 fully saturated rings. The van der Waals surface area contributed by atoms with Gasteiger partial charge in [0.1, 0.15) is 16.7 Å². The number of fused-ring (bicyclic) bond motifs is 22. The second-order valence-electron chi connectivity index (χ2n) is 21.4. The molecule has 0 atom stereocenters. The summed E-state index contributed by atoms with van der Waals surface area (Å²) in [5.74, 6) is 0. The number of benzene rings is 9. The lowest BCUT2D eigenvalue weighted by Gasteiger charge is -2.54. The summed E-state index contributed by atoms with van der Waals surface area (Å²) in [4.78, 5) is 10.9. The predicted octanol–water partition coefficient (Wildman–Crippen LogP) is 16.5. The Kier molecular flexibility index (Phi) is 7.16. The molecule has 11 aromatic rings. The van der Waals surface area contributed by atoms with Crippen LogP contribution in [0.3, 0.4) is 0 Å². The molecule has 0 saturated heterocycles. The smallest absolute Gasteiger partial charge is 0.333 e. The van der Waals surface area contributed by atoms with Gasteiger partial charge in [0.25, 0.3) is 0 Å². The molecule has 0 saturated carbocycles. The van der Waals surface area contributed by atoms with Crippen LogP contribution in [-0.4, -0.2) is 6.85 Å². The second-order valence-corrected chi connectivity index (χ2v) is 24.4. The summed E-state index contributed by atoms with van der Waals surface area (Å²) in [7, 11) is -1.95. The van der Waals surface area contributed by atoms with Crippen molar-refractivity contribution < 1.29 is 8.83 Å². The van der Waals surface area contributed by atoms with Crippen LogP contribution in [0.5, 0.6) is 0 Å². The molecule has 330 valence electrons. The Morgan fingerprint density at radius 2 is 1.06 bits per heavy atom. The predicted molar refractivity (Wildman–Crippen MR) is 287 cm³/mol. The van der Waals surface area contributed by atoms with Crippen LogP contribution in [0, 0.1) is 6.92 Å². The molecule has 9 aromatic carbocycles. The minimum absolute atomic E-state index is 0.00654. The number of aryl methyl sites for hydroxylation is 1. The molecule has 0 amide bonds. The van der Waals surface area contributed by atoms with E-state index in [1.807, 2.05) is 0 Å². The van der Waals surface area contributed by atoms with Crippen LogP contribution >= 0.6 is 10.0 Å². The van der Waals surface area contributed by atoms with E-state index in [-0.39, 0.29) is 17.7 Å². The first-order chi connectivity index (χ1) is 33.6. The molecule has 69 heavy (non-hydrogen) atoms. The minimum Gasteiger partial charge on any atom is -0.455 e. The number of furan rings is 2. The summed E-state index contributed by atoms with van der Waals surface area (Å²) in [6.45, 7) is 11.9. The highest BCUT2D eigenvalue weighted by atomic mass is 32.3. The quantitative estimate of drug-likeness (QED) is 0.154. The van der Waals surface area contributed by atoms with Gasteiger partial charge >= 0.3 is 6.85 Å². The van der Waals surface area contributed by atoms with E-state index in [0.717, 1.165) is 62.4 Å². The monoisotopic (exact) mass is 906 g/mol. The number of nitrogens with zero attached hydrogens (tertiary/aromatic N) is 2.